The van der Waals surface area contributed by atoms with Crippen LogP contribution in [0.3, 0.4) is 0 Å². The molecule has 0 amide bonds. The number of halogens is 1. The van der Waals surface area contributed by atoms with Crippen LogP contribution in [0.25, 0.3) is 0 Å². The molecule has 0 N–H and O–H groups in total. The smallest absolute Gasteiger partial charge is 0.0472 e. The van der Waals surface area contributed by atoms with Gasteiger partial charge in [0.15, 0.2) is 0 Å². The molecule has 1 fully saturated rings. The van der Waals surface area contributed by atoms with Gasteiger partial charge in [-0.15, -0.1) is 11.3 Å². The Balaban J connectivity index is 1.73. The maximum absolute atomic E-state index is 5.55. The van der Waals surface area contributed by atoms with E-state index < -0.39 is 0 Å². The lowest BCUT2D eigenvalue weighted by Crippen LogP contribution is -2.45. The van der Waals surface area contributed by atoms with Crippen LogP contribution in [0.1, 0.15) is 36.2 Å². The van der Waals surface area contributed by atoms with Crippen molar-refractivity contribution in [3.63, 3.8) is 0 Å². The van der Waals surface area contributed by atoms with Crippen molar-refractivity contribution < 1.29 is 4.74 Å². The van der Waals surface area contributed by atoms with Gasteiger partial charge in [-0.1, -0.05) is 15.9 Å². The van der Waals surface area contributed by atoms with E-state index in [1.54, 1.807) is 10.4 Å². The van der Waals surface area contributed by atoms with Crippen LogP contribution < -0.4 is 0 Å². The van der Waals surface area contributed by atoms with Crippen molar-refractivity contribution in [3.8, 4) is 0 Å². The zero-order chi connectivity index (χ0) is 13.3. The third-order valence-corrected chi connectivity index (χ3v) is 6.97. The van der Waals surface area contributed by atoms with E-state index in [-0.39, 0.29) is 0 Å². The molecule has 2 nitrogen and oxygen atoms in total. The lowest BCUT2D eigenvalue weighted by Gasteiger charge is -2.43. The van der Waals surface area contributed by atoms with Gasteiger partial charge in [0.25, 0.3) is 0 Å². The molecule has 0 saturated carbocycles. The van der Waals surface area contributed by atoms with E-state index in [0.717, 1.165) is 18.5 Å². The number of hydrogen-bond acceptors (Lipinski definition) is 3. The zero-order valence-corrected chi connectivity index (χ0v) is 13.9. The quantitative estimate of drug-likeness (QED) is 0.772. The van der Waals surface area contributed by atoms with E-state index in [0.29, 0.717) is 11.5 Å². The summed E-state index contributed by atoms with van der Waals surface area (Å²) in [6, 6.07) is 2.90. The van der Waals surface area contributed by atoms with Crippen molar-refractivity contribution in [3.05, 3.63) is 21.9 Å². The Labute approximate surface area is 128 Å². The number of fused-ring (bicyclic) bond motifs is 1. The molecular weight excluding hydrogens is 322 g/mol. The molecule has 1 saturated heterocycles. The topological polar surface area (TPSA) is 12.5 Å². The van der Waals surface area contributed by atoms with Crippen LogP contribution in [0.2, 0.25) is 0 Å². The molecule has 3 heterocycles. The van der Waals surface area contributed by atoms with E-state index in [9.17, 15) is 0 Å². The lowest BCUT2D eigenvalue weighted by atomic mass is 9.81. The number of nitrogens with zero attached hydrogens (tertiary/aromatic N) is 1. The van der Waals surface area contributed by atoms with Crippen molar-refractivity contribution in [1.82, 2.24) is 4.90 Å². The Morgan fingerprint density at radius 3 is 3.00 bits per heavy atom. The monoisotopic (exact) mass is 343 g/mol. The molecule has 0 radical (unpaired) electrons. The first-order valence-electron chi connectivity index (χ1n) is 7.18. The van der Waals surface area contributed by atoms with Gasteiger partial charge < -0.3 is 4.74 Å². The van der Waals surface area contributed by atoms with E-state index in [2.05, 4.69) is 39.2 Å². The SMILES string of the molecule is CC1c2ccsc2CCN1CC1(CBr)CCOCC1. The normalized spacial score (nSPS) is 27.2. The summed E-state index contributed by atoms with van der Waals surface area (Å²) in [6.07, 6.45) is 3.61. The molecule has 2 aliphatic rings. The van der Waals surface area contributed by atoms with Gasteiger partial charge in [0.2, 0.25) is 0 Å². The summed E-state index contributed by atoms with van der Waals surface area (Å²) >= 11 is 5.69. The number of thiophene rings is 1. The number of rotatable bonds is 3. The first-order chi connectivity index (χ1) is 9.24. The van der Waals surface area contributed by atoms with Crippen LogP contribution in [0.5, 0.6) is 0 Å². The summed E-state index contributed by atoms with van der Waals surface area (Å²) in [6.45, 7) is 6.64. The van der Waals surface area contributed by atoms with Crippen molar-refractivity contribution >= 4 is 27.3 Å². The molecular formula is C15H22BrNOS. The molecule has 0 aromatic carbocycles. The van der Waals surface area contributed by atoms with Gasteiger partial charge in [-0.3, -0.25) is 4.90 Å². The fourth-order valence-corrected chi connectivity index (χ4v) is 5.05. The highest BCUT2D eigenvalue weighted by Crippen LogP contribution is 2.39. The third-order valence-electron chi connectivity index (χ3n) is 4.78. The minimum Gasteiger partial charge on any atom is -0.381 e. The van der Waals surface area contributed by atoms with Gasteiger partial charge >= 0.3 is 0 Å². The minimum absolute atomic E-state index is 0.417. The highest BCUT2D eigenvalue weighted by Gasteiger charge is 2.36. The Morgan fingerprint density at radius 2 is 2.26 bits per heavy atom. The van der Waals surface area contributed by atoms with Crippen LogP contribution in [0.4, 0.5) is 0 Å². The number of hydrogen-bond donors (Lipinski definition) is 0. The molecule has 1 unspecified atom stereocenters. The molecule has 0 bridgehead atoms. The van der Waals surface area contributed by atoms with Crippen molar-refractivity contribution in [2.24, 2.45) is 5.41 Å². The Hall–Kier alpha value is 0.1000. The second-order valence-corrected chi connectivity index (χ2v) is 7.50. The van der Waals surface area contributed by atoms with E-state index in [1.165, 1.54) is 32.4 Å². The molecule has 19 heavy (non-hydrogen) atoms. The summed E-state index contributed by atoms with van der Waals surface area (Å²) < 4.78 is 5.55. The van der Waals surface area contributed by atoms with E-state index in [1.807, 2.05) is 11.3 Å². The second kappa shape index (κ2) is 5.84. The highest BCUT2D eigenvalue weighted by molar-refractivity contribution is 9.09. The van der Waals surface area contributed by atoms with Crippen molar-refractivity contribution in [2.75, 3.05) is 31.6 Å². The fourth-order valence-electron chi connectivity index (χ4n) is 3.35. The van der Waals surface area contributed by atoms with Crippen LogP contribution in [-0.2, 0) is 11.2 Å². The standard InChI is InChI=1S/C15H22BrNOS/c1-12-13-3-9-19-14(13)2-6-17(12)11-15(10-16)4-7-18-8-5-15/h3,9,12H,2,4-8,10-11H2,1H3. The fraction of sp³-hybridized carbons (Fsp3) is 0.733. The van der Waals surface area contributed by atoms with E-state index in [4.69, 9.17) is 4.74 Å². The summed E-state index contributed by atoms with van der Waals surface area (Å²) in [5.74, 6) is 0. The Morgan fingerprint density at radius 1 is 1.47 bits per heavy atom. The largest absolute Gasteiger partial charge is 0.381 e. The van der Waals surface area contributed by atoms with Crippen LogP contribution >= 0.6 is 27.3 Å². The molecule has 0 spiro atoms. The van der Waals surface area contributed by atoms with Crippen molar-refractivity contribution in [2.45, 2.75) is 32.2 Å². The van der Waals surface area contributed by atoms with Gasteiger partial charge in [0.05, 0.1) is 0 Å². The zero-order valence-electron chi connectivity index (χ0n) is 11.5. The Kier molecular flexibility index (Phi) is 4.32. The lowest BCUT2D eigenvalue weighted by molar-refractivity contribution is 0.000324. The number of ether oxygens (including phenoxy) is 1. The Bertz CT molecular complexity index is 428. The highest BCUT2D eigenvalue weighted by atomic mass is 79.9. The van der Waals surface area contributed by atoms with Gasteiger partial charge in [0.1, 0.15) is 0 Å². The number of alkyl halides is 1. The van der Waals surface area contributed by atoms with Gasteiger partial charge in [-0.05, 0) is 48.6 Å². The summed E-state index contributed by atoms with van der Waals surface area (Å²) in [7, 11) is 0. The predicted octanol–water partition coefficient (Wildman–Crippen LogP) is 3.86. The molecule has 1 aromatic heterocycles. The van der Waals surface area contributed by atoms with Gasteiger partial charge in [0, 0.05) is 42.6 Å². The van der Waals surface area contributed by atoms with Gasteiger partial charge in [-0.2, -0.15) is 0 Å². The maximum Gasteiger partial charge on any atom is 0.0472 e. The van der Waals surface area contributed by atoms with Crippen LogP contribution in [-0.4, -0.2) is 36.5 Å². The maximum atomic E-state index is 5.55. The average molecular weight is 344 g/mol. The summed E-state index contributed by atoms with van der Waals surface area (Å²) in [5, 5.41) is 3.35. The van der Waals surface area contributed by atoms with Crippen LogP contribution in [0, 0.1) is 5.41 Å². The molecule has 1 atom stereocenters. The second-order valence-electron chi connectivity index (χ2n) is 5.94. The molecule has 106 valence electrons. The third kappa shape index (κ3) is 2.78. The predicted molar refractivity (Wildman–Crippen MR) is 84.3 cm³/mol. The summed E-state index contributed by atoms with van der Waals surface area (Å²) in [5.41, 5.74) is 1.98. The van der Waals surface area contributed by atoms with Crippen LogP contribution in [0.15, 0.2) is 11.4 Å². The van der Waals surface area contributed by atoms with Crippen molar-refractivity contribution in [1.29, 1.82) is 0 Å². The molecule has 3 rings (SSSR count). The average Bonchev–Trinajstić information content (AvgIpc) is 2.92. The molecule has 4 heteroatoms. The van der Waals surface area contributed by atoms with Gasteiger partial charge in [-0.25, -0.2) is 0 Å². The molecule has 0 aliphatic carbocycles. The first-order valence-corrected chi connectivity index (χ1v) is 9.18. The summed E-state index contributed by atoms with van der Waals surface area (Å²) in [4.78, 5) is 4.28. The minimum atomic E-state index is 0.417. The molecule has 1 aromatic rings. The van der Waals surface area contributed by atoms with E-state index >= 15 is 0 Å². The first kappa shape index (κ1) is 14.1. The molecule has 2 aliphatic heterocycles.